The van der Waals surface area contributed by atoms with Crippen molar-refractivity contribution in [1.82, 2.24) is 9.97 Å². The number of fused-ring (bicyclic) bond motifs is 1. The second-order valence-corrected chi connectivity index (χ2v) is 8.06. The van der Waals surface area contributed by atoms with E-state index in [0.29, 0.717) is 35.4 Å². The molecule has 0 atom stereocenters. The van der Waals surface area contributed by atoms with E-state index < -0.39 is 12.6 Å². The number of anilines is 1. The molecule has 0 amide bonds. The molecule has 0 radical (unpaired) electrons. The molecule has 0 aromatic carbocycles. The van der Waals surface area contributed by atoms with Crippen molar-refractivity contribution < 1.29 is 18.0 Å². The molecule has 3 heterocycles. The van der Waals surface area contributed by atoms with Crippen LogP contribution in [0.4, 0.5) is 19.0 Å². The Labute approximate surface area is 144 Å². The molecule has 2 fully saturated rings. The number of thiophene rings is 1. The average molecular weight is 376 g/mol. The summed E-state index contributed by atoms with van der Waals surface area (Å²) in [5.41, 5.74) is 0.00561. The quantitative estimate of drug-likeness (QED) is 0.744. The molecule has 4 nitrogen and oxygen atoms in total. The molecule has 0 bridgehead atoms. The van der Waals surface area contributed by atoms with Crippen molar-refractivity contribution in [2.24, 2.45) is 5.41 Å². The van der Waals surface area contributed by atoms with Crippen molar-refractivity contribution in [3.05, 3.63) is 16.2 Å². The number of hydrogen-bond acceptors (Lipinski definition) is 5. The molecular formula is C15H13ClF3N3OS. The molecule has 1 aliphatic carbocycles. The molecule has 2 aromatic heterocycles. The third kappa shape index (κ3) is 2.86. The molecule has 0 N–H and O–H groups in total. The Bertz CT molecular complexity index is 827. The van der Waals surface area contributed by atoms with Crippen LogP contribution in [0.2, 0.25) is 5.28 Å². The lowest BCUT2D eigenvalue weighted by atomic mass is 9.67. The smallest absolute Gasteiger partial charge is 0.355 e. The van der Waals surface area contributed by atoms with Crippen molar-refractivity contribution in [3.8, 4) is 0 Å². The lowest BCUT2D eigenvalue weighted by molar-refractivity contribution is -0.131. The molecule has 24 heavy (non-hydrogen) atoms. The van der Waals surface area contributed by atoms with E-state index in [1.165, 1.54) is 6.07 Å². The molecule has 0 unspecified atom stereocenters. The number of Topliss-reactive ketones (excluding diaryl/α,β-unsaturated/α-hetero) is 1. The lowest BCUT2D eigenvalue weighted by Gasteiger charge is -2.36. The summed E-state index contributed by atoms with van der Waals surface area (Å²) in [5, 5.41) is 0.634. The number of halogens is 4. The minimum absolute atomic E-state index is 0.00561. The van der Waals surface area contributed by atoms with Crippen LogP contribution in [0.1, 0.15) is 24.1 Å². The fourth-order valence-electron chi connectivity index (χ4n) is 3.65. The van der Waals surface area contributed by atoms with Gasteiger partial charge in [0.05, 0.1) is 11.8 Å². The van der Waals surface area contributed by atoms with E-state index in [4.69, 9.17) is 11.6 Å². The number of nitrogens with zero attached hydrogens (tertiary/aromatic N) is 3. The molecule has 1 saturated carbocycles. The highest BCUT2D eigenvalue weighted by Gasteiger charge is 2.48. The summed E-state index contributed by atoms with van der Waals surface area (Å²) in [6.45, 7) is 1.41. The number of aromatic nitrogens is 2. The first-order chi connectivity index (χ1) is 11.2. The van der Waals surface area contributed by atoms with E-state index in [2.05, 4.69) is 9.97 Å². The Hall–Kier alpha value is -1.41. The number of rotatable bonds is 2. The summed E-state index contributed by atoms with van der Waals surface area (Å²) in [6, 6.07) is 1.51. The van der Waals surface area contributed by atoms with Gasteiger partial charge < -0.3 is 4.90 Å². The van der Waals surface area contributed by atoms with Crippen molar-refractivity contribution >= 4 is 44.8 Å². The largest absolute Gasteiger partial charge is 0.393 e. The Balaban J connectivity index is 1.68. The molecule has 2 aliphatic rings. The van der Waals surface area contributed by atoms with Crippen LogP contribution in [0.5, 0.6) is 0 Å². The highest BCUT2D eigenvalue weighted by atomic mass is 35.5. The highest BCUT2D eigenvalue weighted by molar-refractivity contribution is 7.18. The second-order valence-electron chi connectivity index (χ2n) is 6.60. The van der Waals surface area contributed by atoms with Gasteiger partial charge in [-0.1, -0.05) is 0 Å². The van der Waals surface area contributed by atoms with E-state index >= 15 is 0 Å². The Morgan fingerprint density at radius 1 is 1.33 bits per heavy atom. The zero-order chi connectivity index (χ0) is 17.1. The molecule has 2 aromatic rings. The van der Waals surface area contributed by atoms with Crippen LogP contribution in [0.15, 0.2) is 6.07 Å². The molecule has 1 aliphatic heterocycles. The zero-order valence-electron chi connectivity index (χ0n) is 12.5. The molecule has 1 spiro atoms. The first kappa shape index (κ1) is 16.1. The van der Waals surface area contributed by atoms with Crippen LogP contribution in [0.25, 0.3) is 10.2 Å². The summed E-state index contributed by atoms with van der Waals surface area (Å²) >= 11 is 6.96. The Morgan fingerprint density at radius 3 is 2.75 bits per heavy atom. The number of carbonyl (C=O) groups excluding carboxylic acids is 1. The van der Waals surface area contributed by atoms with Crippen molar-refractivity contribution in [3.63, 3.8) is 0 Å². The third-order valence-corrected chi connectivity index (χ3v) is 5.85. The van der Waals surface area contributed by atoms with E-state index in [1.54, 1.807) is 0 Å². The van der Waals surface area contributed by atoms with Crippen LogP contribution in [-0.4, -0.2) is 35.0 Å². The van der Waals surface area contributed by atoms with Gasteiger partial charge in [-0.15, -0.1) is 11.3 Å². The summed E-state index contributed by atoms with van der Waals surface area (Å²) in [4.78, 5) is 22.3. The predicted octanol–water partition coefficient (Wildman–Crippen LogP) is 4.01. The van der Waals surface area contributed by atoms with Gasteiger partial charge in [-0.2, -0.15) is 18.2 Å². The molecule has 9 heteroatoms. The van der Waals surface area contributed by atoms with Gasteiger partial charge in [-0.3, -0.25) is 4.79 Å². The van der Waals surface area contributed by atoms with Gasteiger partial charge in [-0.05, 0) is 24.1 Å². The van der Waals surface area contributed by atoms with E-state index in [9.17, 15) is 18.0 Å². The monoisotopic (exact) mass is 375 g/mol. The van der Waals surface area contributed by atoms with Gasteiger partial charge >= 0.3 is 6.18 Å². The summed E-state index contributed by atoms with van der Waals surface area (Å²) in [6.07, 6.45) is -3.20. The fourth-order valence-corrected chi connectivity index (χ4v) is 4.91. The van der Waals surface area contributed by atoms with Crippen LogP contribution in [-0.2, 0) is 11.2 Å². The van der Waals surface area contributed by atoms with Crippen LogP contribution < -0.4 is 4.90 Å². The molecule has 128 valence electrons. The van der Waals surface area contributed by atoms with Crippen LogP contribution >= 0.6 is 22.9 Å². The first-order valence-corrected chi connectivity index (χ1v) is 8.72. The van der Waals surface area contributed by atoms with E-state index in [0.717, 1.165) is 24.3 Å². The lowest BCUT2D eigenvalue weighted by Crippen LogP contribution is -2.40. The van der Waals surface area contributed by atoms with Crippen molar-refractivity contribution in [2.45, 2.75) is 31.9 Å². The minimum atomic E-state index is -4.26. The van der Waals surface area contributed by atoms with Crippen molar-refractivity contribution in [1.29, 1.82) is 0 Å². The Kier molecular flexibility index (Phi) is 3.55. The number of alkyl halides is 3. The third-order valence-electron chi connectivity index (χ3n) is 4.65. The maximum Gasteiger partial charge on any atom is 0.393 e. The second kappa shape index (κ2) is 5.29. The molecule has 4 rings (SSSR count). The number of ketones is 1. The average Bonchev–Trinajstić information content (AvgIpc) is 2.99. The van der Waals surface area contributed by atoms with Gasteiger partial charge in [0, 0.05) is 36.2 Å². The minimum Gasteiger partial charge on any atom is -0.355 e. The highest BCUT2D eigenvalue weighted by Crippen LogP contribution is 2.47. The van der Waals surface area contributed by atoms with E-state index in [-0.39, 0.29) is 21.4 Å². The number of hydrogen-bond donors (Lipinski definition) is 0. The van der Waals surface area contributed by atoms with Gasteiger partial charge in [-0.25, -0.2) is 4.98 Å². The first-order valence-electron chi connectivity index (χ1n) is 7.52. The SMILES string of the molecule is O=C1CC2(CCN(c3nc(Cl)nc4sc(CC(F)(F)F)cc34)C2)C1. The fraction of sp³-hybridized carbons (Fsp3) is 0.533. The standard InChI is InChI=1S/C15H13ClF3N3OS/c16-13-20-11(22-2-1-14(7-22)4-8(23)5-14)10-3-9(6-15(17,18)19)24-12(10)21-13/h3H,1-2,4-7H2. The molecule has 1 saturated heterocycles. The number of carbonyl (C=O) groups is 1. The Morgan fingerprint density at radius 2 is 2.08 bits per heavy atom. The van der Waals surface area contributed by atoms with Gasteiger partial charge in [0.15, 0.2) is 0 Å². The maximum absolute atomic E-state index is 12.6. The van der Waals surface area contributed by atoms with Gasteiger partial charge in [0.25, 0.3) is 0 Å². The van der Waals surface area contributed by atoms with Gasteiger partial charge in [0.1, 0.15) is 16.4 Å². The van der Waals surface area contributed by atoms with E-state index in [1.807, 2.05) is 4.90 Å². The van der Waals surface area contributed by atoms with Crippen molar-refractivity contribution in [2.75, 3.05) is 18.0 Å². The summed E-state index contributed by atoms with van der Waals surface area (Å²) in [5.74, 6) is 0.844. The predicted molar refractivity (Wildman–Crippen MR) is 85.7 cm³/mol. The zero-order valence-corrected chi connectivity index (χ0v) is 14.1. The van der Waals surface area contributed by atoms with Gasteiger partial charge in [0.2, 0.25) is 5.28 Å². The maximum atomic E-state index is 12.6. The normalized spacial score (nSPS) is 20.2. The summed E-state index contributed by atoms with van der Waals surface area (Å²) in [7, 11) is 0. The summed E-state index contributed by atoms with van der Waals surface area (Å²) < 4.78 is 37.9. The van der Waals surface area contributed by atoms with Crippen LogP contribution in [0.3, 0.4) is 0 Å². The van der Waals surface area contributed by atoms with Crippen LogP contribution in [0, 0.1) is 5.41 Å². The molecular weight excluding hydrogens is 363 g/mol. The topological polar surface area (TPSA) is 46.1 Å².